The first-order valence-electron chi connectivity index (χ1n) is 10.7. The van der Waals surface area contributed by atoms with Gasteiger partial charge in [0, 0.05) is 16.9 Å². The highest BCUT2D eigenvalue weighted by Crippen LogP contribution is 2.53. The molecule has 2 aromatic carbocycles. The van der Waals surface area contributed by atoms with Gasteiger partial charge in [0.25, 0.3) is 0 Å². The van der Waals surface area contributed by atoms with Crippen LogP contribution >= 0.6 is 0 Å². The summed E-state index contributed by atoms with van der Waals surface area (Å²) in [7, 11) is 0. The largest absolute Gasteiger partial charge is 0.488 e. The number of rotatable bonds is 4. The van der Waals surface area contributed by atoms with E-state index < -0.39 is 0 Å². The SMILES string of the molecule is CC1C(=O)C(=Cc2ccccc2OCc2ccccc2)C[C@@]2(C)C1CCC[C@@H]2O. The Balaban J connectivity index is 1.61. The van der Waals surface area contributed by atoms with E-state index in [-0.39, 0.29) is 29.1 Å². The van der Waals surface area contributed by atoms with Gasteiger partial charge in [-0.05, 0) is 48.5 Å². The number of benzene rings is 2. The summed E-state index contributed by atoms with van der Waals surface area (Å²) < 4.78 is 6.07. The molecule has 0 aliphatic heterocycles. The van der Waals surface area contributed by atoms with Gasteiger partial charge in [-0.15, -0.1) is 0 Å². The lowest BCUT2D eigenvalue weighted by molar-refractivity contribution is -0.133. The first-order chi connectivity index (χ1) is 14.0. The fourth-order valence-electron chi connectivity index (χ4n) is 5.26. The molecule has 0 saturated heterocycles. The average molecular weight is 391 g/mol. The van der Waals surface area contributed by atoms with Crippen molar-refractivity contribution in [3.05, 3.63) is 71.3 Å². The van der Waals surface area contributed by atoms with E-state index in [2.05, 4.69) is 6.92 Å². The highest BCUT2D eigenvalue weighted by Gasteiger charge is 2.51. The summed E-state index contributed by atoms with van der Waals surface area (Å²) in [6, 6.07) is 17.9. The van der Waals surface area contributed by atoms with Crippen LogP contribution in [0.5, 0.6) is 5.75 Å². The van der Waals surface area contributed by atoms with Crippen molar-refractivity contribution < 1.29 is 14.6 Å². The van der Waals surface area contributed by atoms with E-state index in [1.165, 1.54) is 0 Å². The number of hydrogen-bond donors (Lipinski definition) is 1. The molecule has 0 heterocycles. The molecular formula is C26H30O3. The smallest absolute Gasteiger partial charge is 0.161 e. The van der Waals surface area contributed by atoms with Gasteiger partial charge < -0.3 is 9.84 Å². The maximum Gasteiger partial charge on any atom is 0.161 e. The number of carbonyl (C=O) groups is 1. The zero-order chi connectivity index (χ0) is 20.4. The van der Waals surface area contributed by atoms with Gasteiger partial charge in [0.15, 0.2) is 5.78 Å². The van der Waals surface area contributed by atoms with E-state index in [1.807, 2.05) is 67.6 Å². The number of fused-ring (bicyclic) bond motifs is 1. The molecule has 2 aromatic rings. The van der Waals surface area contributed by atoms with Crippen LogP contribution in [0.1, 0.15) is 50.7 Å². The number of allylic oxidation sites excluding steroid dienone is 1. The molecule has 3 nitrogen and oxygen atoms in total. The quantitative estimate of drug-likeness (QED) is 0.709. The first kappa shape index (κ1) is 19.9. The molecule has 3 heteroatoms. The fraction of sp³-hybridized carbons (Fsp3) is 0.423. The molecule has 2 saturated carbocycles. The number of ketones is 1. The molecule has 0 aromatic heterocycles. The Kier molecular flexibility index (Phi) is 5.60. The second-order valence-electron chi connectivity index (χ2n) is 8.87. The van der Waals surface area contributed by atoms with Crippen LogP contribution in [-0.2, 0) is 11.4 Å². The van der Waals surface area contributed by atoms with Crippen LogP contribution in [0.2, 0.25) is 0 Å². The molecule has 2 aliphatic carbocycles. The Labute approximate surface area is 173 Å². The molecule has 0 radical (unpaired) electrons. The molecule has 152 valence electrons. The number of carbonyl (C=O) groups excluding carboxylic acids is 1. The maximum atomic E-state index is 13.1. The second-order valence-corrected chi connectivity index (χ2v) is 8.87. The lowest BCUT2D eigenvalue weighted by Crippen LogP contribution is -2.51. The Morgan fingerprint density at radius 2 is 1.83 bits per heavy atom. The van der Waals surface area contributed by atoms with Crippen molar-refractivity contribution in [2.75, 3.05) is 0 Å². The van der Waals surface area contributed by atoms with Crippen molar-refractivity contribution in [3.63, 3.8) is 0 Å². The highest BCUT2D eigenvalue weighted by atomic mass is 16.5. The van der Waals surface area contributed by atoms with Crippen LogP contribution in [0, 0.1) is 17.3 Å². The summed E-state index contributed by atoms with van der Waals surface area (Å²) >= 11 is 0. The summed E-state index contributed by atoms with van der Waals surface area (Å²) in [5.74, 6) is 1.22. The minimum Gasteiger partial charge on any atom is -0.488 e. The zero-order valence-corrected chi connectivity index (χ0v) is 17.3. The molecule has 0 amide bonds. The summed E-state index contributed by atoms with van der Waals surface area (Å²) in [5.41, 5.74) is 2.62. The minimum absolute atomic E-state index is 0.0488. The fourth-order valence-corrected chi connectivity index (χ4v) is 5.26. The van der Waals surface area contributed by atoms with Gasteiger partial charge in [-0.3, -0.25) is 4.79 Å². The van der Waals surface area contributed by atoms with Crippen LogP contribution in [-0.4, -0.2) is 17.0 Å². The van der Waals surface area contributed by atoms with E-state index in [1.54, 1.807) is 0 Å². The zero-order valence-electron chi connectivity index (χ0n) is 17.3. The van der Waals surface area contributed by atoms with E-state index in [4.69, 9.17) is 4.74 Å². The Morgan fingerprint density at radius 3 is 2.62 bits per heavy atom. The van der Waals surface area contributed by atoms with Gasteiger partial charge in [-0.2, -0.15) is 0 Å². The van der Waals surface area contributed by atoms with E-state index in [0.29, 0.717) is 13.0 Å². The van der Waals surface area contributed by atoms with Crippen molar-refractivity contribution >= 4 is 11.9 Å². The molecule has 2 aliphatic rings. The van der Waals surface area contributed by atoms with Gasteiger partial charge in [0.05, 0.1) is 6.10 Å². The van der Waals surface area contributed by atoms with Crippen molar-refractivity contribution in [1.29, 1.82) is 0 Å². The maximum absolute atomic E-state index is 13.1. The van der Waals surface area contributed by atoms with Crippen LogP contribution < -0.4 is 4.74 Å². The molecule has 4 rings (SSSR count). The van der Waals surface area contributed by atoms with Gasteiger partial charge in [-0.25, -0.2) is 0 Å². The minimum atomic E-state index is -0.343. The van der Waals surface area contributed by atoms with Crippen molar-refractivity contribution in [3.8, 4) is 5.75 Å². The lowest BCUT2D eigenvalue weighted by Gasteiger charge is -2.51. The topological polar surface area (TPSA) is 46.5 Å². The van der Waals surface area contributed by atoms with Gasteiger partial charge >= 0.3 is 0 Å². The standard InChI is InChI=1S/C26H30O3/c1-18-22-12-8-14-24(27)26(22,2)16-21(25(18)28)15-20-11-6-7-13-23(20)29-17-19-9-4-3-5-10-19/h3-7,9-11,13,15,18,22,24,27H,8,12,14,16-17H2,1-2H3/t18?,22?,24-,26-/m0/s1. The van der Waals surface area contributed by atoms with Gasteiger partial charge in [0.2, 0.25) is 0 Å². The van der Waals surface area contributed by atoms with Crippen LogP contribution in [0.15, 0.2) is 60.2 Å². The number of hydrogen-bond acceptors (Lipinski definition) is 3. The summed E-state index contributed by atoms with van der Waals surface area (Å²) in [4.78, 5) is 13.1. The predicted octanol–water partition coefficient (Wildman–Crippen LogP) is 5.43. The van der Waals surface area contributed by atoms with Crippen molar-refractivity contribution in [2.24, 2.45) is 17.3 Å². The van der Waals surface area contributed by atoms with Crippen molar-refractivity contribution in [2.45, 2.75) is 52.2 Å². The first-order valence-corrected chi connectivity index (χ1v) is 10.7. The summed E-state index contributed by atoms with van der Waals surface area (Å²) in [6.45, 7) is 4.69. The second kappa shape index (κ2) is 8.16. The number of para-hydroxylation sites is 1. The molecule has 0 bridgehead atoms. The molecule has 29 heavy (non-hydrogen) atoms. The number of aliphatic hydroxyl groups is 1. The van der Waals surface area contributed by atoms with E-state index >= 15 is 0 Å². The molecular weight excluding hydrogens is 360 g/mol. The van der Waals surface area contributed by atoms with E-state index in [9.17, 15) is 9.90 Å². The molecule has 2 fully saturated rings. The Morgan fingerprint density at radius 1 is 1.10 bits per heavy atom. The van der Waals surface area contributed by atoms with Crippen LogP contribution in [0.3, 0.4) is 0 Å². The van der Waals surface area contributed by atoms with Gasteiger partial charge in [-0.1, -0.05) is 68.8 Å². The van der Waals surface area contributed by atoms with Crippen LogP contribution in [0.4, 0.5) is 0 Å². The predicted molar refractivity (Wildman–Crippen MR) is 115 cm³/mol. The summed E-state index contributed by atoms with van der Waals surface area (Å²) in [6.07, 6.45) is 5.15. The van der Waals surface area contributed by atoms with Crippen LogP contribution in [0.25, 0.3) is 6.08 Å². The number of aliphatic hydroxyl groups excluding tert-OH is 1. The molecule has 0 spiro atoms. The normalized spacial score (nSPS) is 30.8. The average Bonchev–Trinajstić information content (AvgIpc) is 2.73. The molecule has 4 atom stereocenters. The monoisotopic (exact) mass is 390 g/mol. The molecule has 2 unspecified atom stereocenters. The number of ether oxygens (including phenoxy) is 1. The Bertz CT molecular complexity index is 901. The van der Waals surface area contributed by atoms with Crippen molar-refractivity contribution in [1.82, 2.24) is 0 Å². The van der Waals surface area contributed by atoms with E-state index in [0.717, 1.165) is 41.7 Å². The molecule has 1 N–H and O–H groups in total. The summed E-state index contributed by atoms with van der Waals surface area (Å²) in [5, 5.41) is 10.8. The third-order valence-electron chi connectivity index (χ3n) is 6.99. The Hall–Kier alpha value is -2.39. The van der Waals surface area contributed by atoms with Gasteiger partial charge in [0.1, 0.15) is 12.4 Å². The third-order valence-corrected chi connectivity index (χ3v) is 6.99. The number of Topliss-reactive ketones (excluding diaryl/α,β-unsaturated/α-hetero) is 1. The third kappa shape index (κ3) is 3.89. The lowest BCUT2D eigenvalue weighted by atomic mass is 9.54. The highest BCUT2D eigenvalue weighted by molar-refractivity contribution is 6.02.